The van der Waals surface area contributed by atoms with Crippen molar-refractivity contribution in [1.82, 2.24) is 20.3 Å². The lowest BCUT2D eigenvalue weighted by Crippen LogP contribution is -2.32. The van der Waals surface area contributed by atoms with Gasteiger partial charge in [0.2, 0.25) is 0 Å². The third-order valence-corrected chi connectivity index (χ3v) is 4.58. The van der Waals surface area contributed by atoms with E-state index in [2.05, 4.69) is 15.6 Å². The minimum absolute atomic E-state index is 0.219. The van der Waals surface area contributed by atoms with Gasteiger partial charge in [-0.05, 0) is 39.8 Å². The first-order chi connectivity index (χ1) is 14.0. The van der Waals surface area contributed by atoms with Gasteiger partial charge in [-0.15, -0.1) is 5.10 Å². The molecule has 0 aliphatic carbocycles. The Morgan fingerprint density at radius 2 is 1.55 bits per heavy atom. The summed E-state index contributed by atoms with van der Waals surface area (Å²) in [6, 6.07) is 9.47. The zero-order valence-electron chi connectivity index (χ0n) is 16.9. The van der Waals surface area contributed by atoms with Crippen LogP contribution >= 0.6 is 0 Å². The molecule has 8 heteroatoms. The summed E-state index contributed by atoms with van der Waals surface area (Å²) in [6.45, 7) is 7.45. The lowest BCUT2D eigenvalue weighted by atomic mass is 9.83. The Balaban J connectivity index is 2.12. The second-order valence-electron chi connectivity index (χ2n) is 6.50. The highest BCUT2D eigenvalue weighted by atomic mass is 16.5. The van der Waals surface area contributed by atoms with Crippen molar-refractivity contribution in [2.45, 2.75) is 33.6 Å². The van der Waals surface area contributed by atoms with Crippen LogP contribution in [0.3, 0.4) is 0 Å². The third-order valence-electron chi connectivity index (χ3n) is 4.58. The van der Waals surface area contributed by atoms with Crippen molar-refractivity contribution < 1.29 is 19.1 Å². The molecule has 0 saturated carbocycles. The fraction of sp³-hybridized carbons (Fsp3) is 0.333. The molecular formula is C21H24N4O4. The molecule has 0 saturated heterocycles. The molecule has 0 unspecified atom stereocenters. The summed E-state index contributed by atoms with van der Waals surface area (Å²) in [5.41, 5.74) is 3.12. The second kappa shape index (κ2) is 8.72. The maximum atomic E-state index is 12.8. The minimum Gasteiger partial charge on any atom is -0.463 e. The smallest absolute Gasteiger partial charge is 0.336 e. The van der Waals surface area contributed by atoms with E-state index in [1.807, 2.05) is 30.3 Å². The molecule has 29 heavy (non-hydrogen) atoms. The van der Waals surface area contributed by atoms with Gasteiger partial charge in [-0.2, -0.15) is 0 Å². The van der Waals surface area contributed by atoms with Crippen LogP contribution in [0.25, 0.3) is 5.69 Å². The largest absolute Gasteiger partial charge is 0.463 e. The number of nitrogens with one attached hydrogen (secondary N) is 1. The predicted octanol–water partition coefficient (Wildman–Crippen LogP) is 2.63. The first-order valence-corrected chi connectivity index (χ1v) is 9.48. The van der Waals surface area contributed by atoms with E-state index in [9.17, 15) is 9.59 Å². The van der Waals surface area contributed by atoms with Crippen molar-refractivity contribution in [3.8, 4) is 5.69 Å². The Morgan fingerprint density at radius 3 is 2.07 bits per heavy atom. The molecule has 0 atom stereocenters. The number of hydrogen-bond donors (Lipinski definition) is 1. The number of carbonyl (C=O) groups excluding carboxylic acids is 2. The summed E-state index contributed by atoms with van der Waals surface area (Å²) >= 11 is 0. The van der Waals surface area contributed by atoms with Gasteiger partial charge >= 0.3 is 11.9 Å². The van der Waals surface area contributed by atoms with Crippen molar-refractivity contribution in [2.24, 2.45) is 0 Å². The van der Waals surface area contributed by atoms with Gasteiger partial charge in [0.25, 0.3) is 0 Å². The van der Waals surface area contributed by atoms with E-state index >= 15 is 0 Å². The van der Waals surface area contributed by atoms with Gasteiger partial charge in [0.15, 0.2) is 0 Å². The molecule has 0 amide bonds. The van der Waals surface area contributed by atoms with E-state index in [4.69, 9.17) is 9.47 Å². The van der Waals surface area contributed by atoms with Gasteiger partial charge in [0.1, 0.15) is 0 Å². The SMILES string of the molecule is CCOC(=O)C1=C(C)NC(C)=C(C(=O)OCC)C1c1cn(-c2ccccc2)nn1. The van der Waals surface area contributed by atoms with Crippen molar-refractivity contribution in [1.29, 1.82) is 0 Å². The normalized spacial score (nSPS) is 14.6. The summed E-state index contributed by atoms with van der Waals surface area (Å²) < 4.78 is 12.1. The van der Waals surface area contributed by atoms with Crippen LogP contribution in [0.15, 0.2) is 59.1 Å². The average Bonchev–Trinajstić information content (AvgIpc) is 3.18. The lowest BCUT2D eigenvalue weighted by Gasteiger charge is -2.28. The van der Waals surface area contributed by atoms with Crippen molar-refractivity contribution in [3.05, 3.63) is 64.8 Å². The molecule has 1 aromatic heterocycles. The monoisotopic (exact) mass is 396 g/mol. The van der Waals surface area contributed by atoms with Gasteiger partial charge < -0.3 is 14.8 Å². The van der Waals surface area contributed by atoms with E-state index in [0.29, 0.717) is 28.2 Å². The zero-order valence-corrected chi connectivity index (χ0v) is 16.9. The highest BCUT2D eigenvalue weighted by Crippen LogP contribution is 2.38. The molecule has 2 aromatic rings. The number of rotatable bonds is 6. The van der Waals surface area contributed by atoms with Crippen LogP contribution in [-0.4, -0.2) is 40.1 Å². The summed E-state index contributed by atoms with van der Waals surface area (Å²) in [5.74, 6) is -1.76. The fourth-order valence-electron chi connectivity index (χ4n) is 3.36. The fourth-order valence-corrected chi connectivity index (χ4v) is 3.36. The first kappa shape index (κ1) is 20.3. The molecular weight excluding hydrogens is 372 g/mol. The number of nitrogens with zero attached hydrogens (tertiary/aromatic N) is 3. The van der Waals surface area contributed by atoms with Gasteiger partial charge in [0, 0.05) is 11.4 Å². The van der Waals surface area contributed by atoms with Crippen LogP contribution < -0.4 is 5.32 Å². The highest BCUT2D eigenvalue weighted by molar-refractivity contribution is 5.99. The summed E-state index contributed by atoms with van der Waals surface area (Å²) in [6.07, 6.45) is 1.71. The molecule has 0 radical (unpaired) electrons. The number of aromatic nitrogens is 3. The van der Waals surface area contributed by atoms with Crippen LogP contribution in [0.5, 0.6) is 0 Å². The predicted molar refractivity (Wildman–Crippen MR) is 106 cm³/mol. The van der Waals surface area contributed by atoms with Crippen LogP contribution in [0, 0.1) is 0 Å². The van der Waals surface area contributed by atoms with E-state index in [1.165, 1.54) is 0 Å². The minimum atomic E-state index is -0.744. The molecule has 0 spiro atoms. The van der Waals surface area contributed by atoms with Crippen molar-refractivity contribution >= 4 is 11.9 Å². The van der Waals surface area contributed by atoms with Crippen LogP contribution in [0.2, 0.25) is 0 Å². The zero-order chi connectivity index (χ0) is 21.0. The number of dihydropyridines is 1. The van der Waals surface area contributed by atoms with Gasteiger partial charge in [0.05, 0.1) is 47.9 Å². The summed E-state index contributed by atoms with van der Waals surface area (Å²) in [4.78, 5) is 25.5. The first-order valence-electron chi connectivity index (χ1n) is 9.48. The van der Waals surface area contributed by atoms with Gasteiger partial charge in [-0.1, -0.05) is 23.4 Å². The van der Waals surface area contributed by atoms with Crippen LogP contribution in [-0.2, 0) is 19.1 Å². The Morgan fingerprint density at radius 1 is 1.00 bits per heavy atom. The molecule has 1 aliphatic heterocycles. The molecule has 1 aromatic carbocycles. The number of benzene rings is 1. The van der Waals surface area contributed by atoms with E-state index in [0.717, 1.165) is 5.69 Å². The third kappa shape index (κ3) is 4.06. The van der Waals surface area contributed by atoms with Crippen LogP contribution in [0.1, 0.15) is 39.3 Å². The molecule has 1 aliphatic rings. The number of carbonyl (C=O) groups is 2. The molecule has 152 valence electrons. The number of hydrogen-bond acceptors (Lipinski definition) is 7. The molecule has 0 bridgehead atoms. The topological polar surface area (TPSA) is 95.3 Å². The van der Waals surface area contributed by atoms with Gasteiger partial charge in [-0.25, -0.2) is 14.3 Å². The molecule has 0 fully saturated rings. The Hall–Kier alpha value is -3.42. The van der Waals surface area contributed by atoms with E-state index < -0.39 is 17.9 Å². The lowest BCUT2D eigenvalue weighted by molar-refractivity contribution is -0.139. The number of ether oxygens (including phenoxy) is 2. The van der Waals surface area contributed by atoms with E-state index in [1.54, 1.807) is 38.6 Å². The number of para-hydroxylation sites is 1. The Bertz CT molecular complexity index is 936. The highest BCUT2D eigenvalue weighted by Gasteiger charge is 2.39. The Labute approximate surface area is 169 Å². The number of esters is 2. The molecule has 8 nitrogen and oxygen atoms in total. The maximum Gasteiger partial charge on any atom is 0.336 e. The Kier molecular flexibility index (Phi) is 6.11. The quantitative estimate of drug-likeness (QED) is 0.750. The van der Waals surface area contributed by atoms with Crippen molar-refractivity contribution in [3.63, 3.8) is 0 Å². The standard InChI is InChI=1S/C21H24N4O4/c1-5-28-20(26)17-13(3)22-14(4)18(21(27)29-6-2)19(17)16-12-25(24-23-16)15-10-8-7-9-11-15/h7-12,19,22H,5-6H2,1-4H3. The second-order valence-corrected chi connectivity index (χ2v) is 6.50. The van der Waals surface area contributed by atoms with Gasteiger partial charge in [-0.3, -0.25) is 0 Å². The molecule has 2 heterocycles. The summed E-state index contributed by atoms with van der Waals surface area (Å²) in [5, 5.41) is 11.6. The van der Waals surface area contributed by atoms with Crippen LogP contribution in [0.4, 0.5) is 0 Å². The molecule has 1 N–H and O–H groups in total. The number of allylic oxidation sites excluding steroid dienone is 2. The summed E-state index contributed by atoms with van der Waals surface area (Å²) in [7, 11) is 0. The maximum absolute atomic E-state index is 12.8. The molecule has 3 rings (SSSR count). The van der Waals surface area contributed by atoms with E-state index in [-0.39, 0.29) is 13.2 Å². The average molecular weight is 396 g/mol. The van der Waals surface area contributed by atoms with Crippen molar-refractivity contribution in [2.75, 3.05) is 13.2 Å².